The molecule has 0 amide bonds. The Labute approximate surface area is 199 Å². The summed E-state index contributed by atoms with van der Waals surface area (Å²) in [5.41, 5.74) is 4.60. The number of aliphatic imine (C=N–C) groups is 1. The van der Waals surface area contributed by atoms with E-state index < -0.39 is 0 Å². The lowest BCUT2D eigenvalue weighted by molar-refractivity contribution is -0.0791. The van der Waals surface area contributed by atoms with Crippen molar-refractivity contribution in [2.45, 2.75) is 26.4 Å². The van der Waals surface area contributed by atoms with Crippen LogP contribution in [0.25, 0.3) is 22.0 Å². The molecule has 1 saturated heterocycles. The first kappa shape index (κ1) is 23.6. The highest BCUT2D eigenvalue weighted by molar-refractivity contribution is 5.97. The number of benzene rings is 2. The van der Waals surface area contributed by atoms with Crippen LogP contribution in [0, 0.1) is 5.82 Å². The highest BCUT2D eigenvalue weighted by Crippen LogP contribution is 2.35. The zero-order valence-corrected chi connectivity index (χ0v) is 19.7. The smallest absolute Gasteiger partial charge is 0.147 e. The summed E-state index contributed by atoms with van der Waals surface area (Å²) >= 11 is 0. The van der Waals surface area contributed by atoms with Crippen molar-refractivity contribution in [2.75, 3.05) is 32.1 Å². The maximum atomic E-state index is 13.5. The predicted molar refractivity (Wildman–Crippen MR) is 135 cm³/mol. The Bertz CT molecular complexity index is 1230. The van der Waals surface area contributed by atoms with E-state index in [2.05, 4.69) is 39.4 Å². The van der Waals surface area contributed by atoms with E-state index in [0.29, 0.717) is 31.3 Å². The molecule has 3 aromatic rings. The summed E-state index contributed by atoms with van der Waals surface area (Å²) in [4.78, 5) is 13.2. The van der Waals surface area contributed by atoms with Gasteiger partial charge in [-0.1, -0.05) is 31.2 Å². The number of hydrogen-bond donors (Lipinski definition) is 1. The van der Waals surface area contributed by atoms with Gasteiger partial charge in [0.15, 0.2) is 0 Å². The molecular formula is C27H29FN4O2. The number of fused-ring (bicyclic) bond motifs is 1. The lowest BCUT2D eigenvalue weighted by atomic mass is 10.0. The standard InChI is InChI=1S/C27H29FN4O2/c1-4-5-19(7-6-18(2)29-3)14-30-27-24-12-21(20-8-10-22(28)11-9-20)13-25(26(24)31-17-32-27)34-23-15-33-16-23/h5-13,17,23H,4,14-16H2,1-3H3,(H,30,31,32)/b7-6-,19-5-,29-18?. The summed E-state index contributed by atoms with van der Waals surface area (Å²) in [6, 6.07) is 10.4. The molecule has 2 heterocycles. The molecule has 4 rings (SSSR count). The van der Waals surface area contributed by atoms with Crippen LogP contribution >= 0.6 is 0 Å². The van der Waals surface area contributed by atoms with Crippen LogP contribution in [0.5, 0.6) is 5.75 Å². The Hall–Kier alpha value is -3.58. The summed E-state index contributed by atoms with van der Waals surface area (Å²) < 4.78 is 25.0. The van der Waals surface area contributed by atoms with Crippen molar-refractivity contribution in [1.29, 1.82) is 0 Å². The molecule has 0 bridgehead atoms. The van der Waals surface area contributed by atoms with E-state index in [4.69, 9.17) is 9.47 Å². The molecule has 0 atom stereocenters. The molecule has 1 N–H and O–H groups in total. The number of anilines is 1. The number of hydrogen-bond acceptors (Lipinski definition) is 6. The molecular weight excluding hydrogens is 431 g/mol. The second kappa shape index (κ2) is 11.0. The molecule has 6 nitrogen and oxygen atoms in total. The van der Waals surface area contributed by atoms with Gasteiger partial charge in [-0.25, -0.2) is 14.4 Å². The first-order valence-electron chi connectivity index (χ1n) is 11.4. The van der Waals surface area contributed by atoms with Crippen LogP contribution in [-0.4, -0.2) is 48.6 Å². The maximum Gasteiger partial charge on any atom is 0.147 e. The van der Waals surface area contributed by atoms with E-state index in [-0.39, 0.29) is 11.9 Å². The summed E-state index contributed by atoms with van der Waals surface area (Å²) in [6.07, 6.45) is 8.69. The van der Waals surface area contributed by atoms with Gasteiger partial charge in [-0.05, 0) is 60.4 Å². The first-order chi connectivity index (χ1) is 16.6. The van der Waals surface area contributed by atoms with Crippen molar-refractivity contribution in [3.63, 3.8) is 0 Å². The highest BCUT2D eigenvalue weighted by atomic mass is 19.1. The molecule has 0 spiro atoms. The minimum Gasteiger partial charge on any atom is -0.483 e. The average Bonchev–Trinajstić information content (AvgIpc) is 2.83. The number of nitrogens with zero attached hydrogens (tertiary/aromatic N) is 3. The Balaban J connectivity index is 1.71. The van der Waals surface area contributed by atoms with Gasteiger partial charge in [0.2, 0.25) is 0 Å². The normalized spacial score (nSPS) is 15.1. The average molecular weight is 461 g/mol. The van der Waals surface area contributed by atoms with Gasteiger partial charge in [-0.3, -0.25) is 4.99 Å². The lowest BCUT2D eigenvalue weighted by Crippen LogP contribution is -2.38. The van der Waals surface area contributed by atoms with Crippen LogP contribution < -0.4 is 10.1 Å². The summed E-state index contributed by atoms with van der Waals surface area (Å²) in [5, 5.41) is 4.30. The molecule has 0 aliphatic carbocycles. The van der Waals surface area contributed by atoms with Gasteiger partial charge in [0.05, 0.1) is 13.2 Å². The molecule has 1 aromatic heterocycles. The van der Waals surface area contributed by atoms with Crippen LogP contribution in [0.4, 0.5) is 10.2 Å². The second-order valence-corrected chi connectivity index (χ2v) is 8.12. The molecule has 34 heavy (non-hydrogen) atoms. The Morgan fingerprint density at radius 1 is 1.18 bits per heavy atom. The number of aromatic nitrogens is 2. The molecule has 2 aromatic carbocycles. The quantitative estimate of drug-likeness (QED) is 0.332. The third kappa shape index (κ3) is 5.66. The maximum absolute atomic E-state index is 13.5. The predicted octanol–water partition coefficient (Wildman–Crippen LogP) is 5.61. The fraction of sp³-hybridized carbons (Fsp3) is 0.296. The summed E-state index contributed by atoms with van der Waals surface area (Å²) in [7, 11) is 1.78. The first-order valence-corrected chi connectivity index (χ1v) is 11.4. The molecule has 1 aliphatic rings. The lowest BCUT2D eigenvalue weighted by Gasteiger charge is -2.27. The molecule has 7 heteroatoms. The van der Waals surface area contributed by atoms with Gasteiger partial charge in [0.1, 0.15) is 35.3 Å². The van der Waals surface area contributed by atoms with E-state index in [0.717, 1.165) is 39.7 Å². The SMILES string of the molecule is CC/C=C(/C=C\C(C)=NC)CNc1ncnc2c(OC3COC3)cc(-c3ccc(F)cc3)cc12. The molecule has 176 valence electrons. The molecule has 0 unspecified atom stereocenters. The third-order valence-electron chi connectivity index (χ3n) is 5.60. The second-order valence-electron chi connectivity index (χ2n) is 8.12. The van der Waals surface area contributed by atoms with Gasteiger partial charge in [-0.15, -0.1) is 0 Å². The molecule has 1 fully saturated rings. The van der Waals surface area contributed by atoms with E-state index in [1.165, 1.54) is 12.1 Å². The van der Waals surface area contributed by atoms with Crippen LogP contribution in [0.15, 0.2) is 71.5 Å². The zero-order valence-electron chi connectivity index (χ0n) is 19.7. The van der Waals surface area contributed by atoms with E-state index in [9.17, 15) is 4.39 Å². The van der Waals surface area contributed by atoms with Crippen molar-refractivity contribution in [3.05, 3.63) is 72.3 Å². The fourth-order valence-electron chi connectivity index (χ4n) is 3.59. The van der Waals surface area contributed by atoms with Crippen LogP contribution in [0.3, 0.4) is 0 Å². The highest BCUT2D eigenvalue weighted by Gasteiger charge is 2.22. The number of nitrogens with one attached hydrogen (secondary N) is 1. The molecule has 1 aliphatic heterocycles. The minimum absolute atomic E-state index is 0.00857. The van der Waals surface area contributed by atoms with Gasteiger partial charge >= 0.3 is 0 Å². The van der Waals surface area contributed by atoms with Crippen LogP contribution in [0.1, 0.15) is 20.3 Å². The monoisotopic (exact) mass is 460 g/mol. The van der Waals surface area contributed by atoms with E-state index >= 15 is 0 Å². The van der Waals surface area contributed by atoms with Crippen molar-refractivity contribution >= 4 is 22.4 Å². The van der Waals surface area contributed by atoms with E-state index in [1.807, 2.05) is 25.1 Å². The van der Waals surface area contributed by atoms with Gasteiger partial charge in [0.25, 0.3) is 0 Å². The number of rotatable bonds is 9. The van der Waals surface area contributed by atoms with Crippen molar-refractivity contribution < 1.29 is 13.9 Å². The molecule has 0 saturated carbocycles. The number of allylic oxidation sites excluding steroid dienone is 2. The van der Waals surface area contributed by atoms with Crippen molar-refractivity contribution in [3.8, 4) is 16.9 Å². The van der Waals surface area contributed by atoms with Gasteiger partial charge in [-0.2, -0.15) is 0 Å². The van der Waals surface area contributed by atoms with Crippen LogP contribution in [0.2, 0.25) is 0 Å². The summed E-state index contributed by atoms with van der Waals surface area (Å²) in [6.45, 7) is 5.78. The van der Waals surface area contributed by atoms with Crippen molar-refractivity contribution in [1.82, 2.24) is 9.97 Å². The summed E-state index contributed by atoms with van der Waals surface area (Å²) in [5.74, 6) is 1.10. The number of ether oxygens (including phenoxy) is 2. The fourth-order valence-corrected chi connectivity index (χ4v) is 3.59. The zero-order chi connectivity index (χ0) is 23.9. The third-order valence-corrected chi connectivity index (χ3v) is 5.60. The Morgan fingerprint density at radius 2 is 1.97 bits per heavy atom. The Kier molecular flexibility index (Phi) is 7.65. The van der Waals surface area contributed by atoms with E-state index in [1.54, 1.807) is 25.5 Å². The van der Waals surface area contributed by atoms with Crippen LogP contribution in [-0.2, 0) is 4.74 Å². The topological polar surface area (TPSA) is 68.6 Å². The molecule has 0 radical (unpaired) electrons. The van der Waals surface area contributed by atoms with Crippen molar-refractivity contribution in [2.24, 2.45) is 4.99 Å². The minimum atomic E-state index is -0.273. The largest absolute Gasteiger partial charge is 0.483 e. The van der Waals surface area contributed by atoms with Gasteiger partial charge in [0, 0.05) is 24.7 Å². The number of halogens is 1. The van der Waals surface area contributed by atoms with Gasteiger partial charge < -0.3 is 14.8 Å². The Morgan fingerprint density at radius 3 is 2.65 bits per heavy atom.